The van der Waals surface area contributed by atoms with Crippen LogP contribution in [0.1, 0.15) is 0 Å². The molecule has 0 fully saturated rings. The Labute approximate surface area is 128 Å². The predicted molar refractivity (Wildman–Crippen MR) is 84.7 cm³/mol. The second-order valence-electron chi connectivity index (χ2n) is 4.26. The smallest absolute Gasteiger partial charge is 0.205 e. The van der Waals surface area contributed by atoms with Crippen LogP contribution >= 0.6 is 22.6 Å². The molecule has 20 heavy (non-hydrogen) atoms. The topological polar surface area (TPSA) is 53.1 Å². The van der Waals surface area contributed by atoms with Crippen molar-refractivity contribution in [2.75, 3.05) is 12.8 Å². The molecular formula is C14H11FIN3O. The first-order valence-electron chi connectivity index (χ1n) is 5.87. The van der Waals surface area contributed by atoms with Gasteiger partial charge in [0.25, 0.3) is 0 Å². The van der Waals surface area contributed by atoms with Crippen molar-refractivity contribution in [3.05, 3.63) is 45.8 Å². The number of rotatable bonds is 2. The summed E-state index contributed by atoms with van der Waals surface area (Å²) in [5, 5.41) is 0. The number of ether oxygens (including phenoxy) is 1. The van der Waals surface area contributed by atoms with E-state index in [0.29, 0.717) is 11.6 Å². The fourth-order valence-corrected chi connectivity index (χ4v) is 2.61. The number of imidazole rings is 1. The normalized spacial score (nSPS) is 10.9. The minimum Gasteiger partial charge on any atom is -0.494 e. The van der Waals surface area contributed by atoms with Crippen molar-refractivity contribution in [1.82, 2.24) is 9.55 Å². The summed E-state index contributed by atoms with van der Waals surface area (Å²) >= 11 is 2.22. The number of methoxy groups -OCH3 is 1. The molecule has 2 aromatic carbocycles. The Hall–Kier alpha value is -1.83. The Balaban J connectivity index is 2.26. The van der Waals surface area contributed by atoms with Gasteiger partial charge in [-0.25, -0.2) is 9.37 Å². The molecule has 0 saturated heterocycles. The summed E-state index contributed by atoms with van der Waals surface area (Å²) in [6, 6.07) is 10.5. The lowest BCUT2D eigenvalue weighted by Gasteiger charge is -2.09. The monoisotopic (exact) mass is 383 g/mol. The molecule has 0 saturated carbocycles. The van der Waals surface area contributed by atoms with Gasteiger partial charge in [-0.05, 0) is 52.9 Å². The standard InChI is InChI=1S/C14H11FIN3O/c1-20-13-7-9(3-4-10(13)15)19-12-5-2-8(16)6-11(12)18-14(19)17/h2-7H,1H3,(H2,17,18). The first kappa shape index (κ1) is 13.2. The summed E-state index contributed by atoms with van der Waals surface area (Å²) in [7, 11) is 1.43. The molecule has 0 aliphatic rings. The zero-order valence-electron chi connectivity index (χ0n) is 10.6. The van der Waals surface area contributed by atoms with Gasteiger partial charge in [-0.15, -0.1) is 0 Å². The number of hydrogen-bond donors (Lipinski definition) is 1. The van der Waals surface area contributed by atoms with Gasteiger partial charge in [0.15, 0.2) is 11.6 Å². The van der Waals surface area contributed by atoms with Crippen molar-refractivity contribution in [3.8, 4) is 11.4 Å². The highest BCUT2D eigenvalue weighted by Crippen LogP contribution is 2.27. The Bertz CT molecular complexity index is 800. The summed E-state index contributed by atoms with van der Waals surface area (Å²) in [5.74, 6) is 0.124. The van der Waals surface area contributed by atoms with E-state index in [2.05, 4.69) is 27.6 Å². The van der Waals surface area contributed by atoms with E-state index in [-0.39, 0.29) is 5.75 Å². The third kappa shape index (κ3) is 2.09. The zero-order valence-corrected chi connectivity index (χ0v) is 12.8. The number of fused-ring (bicyclic) bond motifs is 1. The molecule has 1 heterocycles. The first-order valence-corrected chi connectivity index (χ1v) is 6.95. The maximum atomic E-state index is 13.5. The first-order chi connectivity index (χ1) is 9.60. The molecule has 2 N–H and O–H groups in total. The highest BCUT2D eigenvalue weighted by molar-refractivity contribution is 14.1. The lowest BCUT2D eigenvalue weighted by atomic mass is 10.2. The zero-order chi connectivity index (χ0) is 14.3. The number of nitrogen functional groups attached to an aromatic ring is 1. The van der Waals surface area contributed by atoms with Gasteiger partial charge in [0.2, 0.25) is 5.95 Å². The van der Waals surface area contributed by atoms with Gasteiger partial charge < -0.3 is 10.5 Å². The average Bonchev–Trinajstić information content (AvgIpc) is 2.74. The SMILES string of the molecule is COc1cc(-n2c(N)nc3cc(I)ccc32)ccc1F. The lowest BCUT2D eigenvalue weighted by Crippen LogP contribution is -2.01. The van der Waals surface area contributed by atoms with Crippen molar-refractivity contribution in [2.45, 2.75) is 0 Å². The number of hydrogen-bond acceptors (Lipinski definition) is 3. The summed E-state index contributed by atoms with van der Waals surface area (Å²) in [6.07, 6.45) is 0. The van der Waals surface area contributed by atoms with E-state index in [1.54, 1.807) is 16.7 Å². The molecule has 0 unspecified atom stereocenters. The minimum absolute atomic E-state index is 0.175. The molecule has 0 radical (unpaired) electrons. The molecule has 4 nitrogen and oxygen atoms in total. The third-order valence-electron chi connectivity index (χ3n) is 3.04. The van der Waals surface area contributed by atoms with E-state index >= 15 is 0 Å². The van der Waals surface area contributed by atoms with Crippen molar-refractivity contribution in [2.24, 2.45) is 0 Å². The van der Waals surface area contributed by atoms with Crippen LogP contribution in [-0.2, 0) is 0 Å². The molecule has 0 aliphatic heterocycles. The van der Waals surface area contributed by atoms with Crippen LogP contribution in [0.2, 0.25) is 0 Å². The largest absolute Gasteiger partial charge is 0.494 e. The average molecular weight is 383 g/mol. The van der Waals surface area contributed by atoms with E-state index in [9.17, 15) is 4.39 Å². The molecule has 6 heteroatoms. The van der Waals surface area contributed by atoms with E-state index < -0.39 is 5.82 Å². The fourth-order valence-electron chi connectivity index (χ4n) is 2.13. The maximum Gasteiger partial charge on any atom is 0.205 e. The summed E-state index contributed by atoms with van der Waals surface area (Å²) < 4.78 is 21.4. The quantitative estimate of drug-likeness (QED) is 0.691. The number of benzene rings is 2. The molecule has 0 amide bonds. The van der Waals surface area contributed by atoms with Crippen molar-refractivity contribution in [3.63, 3.8) is 0 Å². The van der Waals surface area contributed by atoms with Crippen LogP contribution < -0.4 is 10.5 Å². The second kappa shape index (κ2) is 4.93. The van der Waals surface area contributed by atoms with Crippen molar-refractivity contribution >= 4 is 39.6 Å². The van der Waals surface area contributed by atoms with Gasteiger partial charge in [-0.3, -0.25) is 4.57 Å². The van der Waals surface area contributed by atoms with Crippen LogP contribution in [0.3, 0.4) is 0 Å². The molecular weight excluding hydrogens is 372 g/mol. The Kier molecular flexibility index (Phi) is 3.25. The van der Waals surface area contributed by atoms with Crippen LogP contribution in [0, 0.1) is 9.39 Å². The molecule has 3 rings (SSSR count). The Morgan fingerprint density at radius 2 is 2.05 bits per heavy atom. The van der Waals surface area contributed by atoms with Gasteiger partial charge in [-0.2, -0.15) is 0 Å². The number of aromatic nitrogens is 2. The second-order valence-corrected chi connectivity index (χ2v) is 5.50. The maximum absolute atomic E-state index is 13.5. The molecule has 0 atom stereocenters. The Morgan fingerprint density at radius 1 is 1.25 bits per heavy atom. The number of anilines is 1. The highest BCUT2D eigenvalue weighted by Gasteiger charge is 2.12. The number of nitrogens with zero attached hydrogens (tertiary/aromatic N) is 2. The van der Waals surface area contributed by atoms with E-state index in [1.165, 1.54) is 13.2 Å². The van der Waals surface area contributed by atoms with Crippen LogP contribution in [0.5, 0.6) is 5.75 Å². The Morgan fingerprint density at radius 3 is 2.80 bits per heavy atom. The van der Waals surface area contributed by atoms with Crippen LogP contribution in [0.25, 0.3) is 16.7 Å². The van der Waals surface area contributed by atoms with Gasteiger partial charge >= 0.3 is 0 Å². The predicted octanol–water partition coefficient (Wildman–Crippen LogP) is 3.36. The summed E-state index contributed by atoms with van der Waals surface area (Å²) in [6.45, 7) is 0. The number of halogens is 2. The third-order valence-corrected chi connectivity index (χ3v) is 3.71. The molecule has 0 aliphatic carbocycles. The molecule has 0 bridgehead atoms. The molecule has 102 valence electrons. The molecule has 3 aromatic rings. The number of nitrogens with two attached hydrogens (primary N) is 1. The van der Waals surface area contributed by atoms with E-state index in [1.807, 2.05) is 18.2 Å². The fraction of sp³-hybridized carbons (Fsp3) is 0.0714. The highest BCUT2D eigenvalue weighted by atomic mass is 127. The minimum atomic E-state index is -0.409. The molecule has 1 aromatic heterocycles. The van der Waals surface area contributed by atoms with Crippen LogP contribution in [-0.4, -0.2) is 16.7 Å². The summed E-state index contributed by atoms with van der Waals surface area (Å²) in [4.78, 5) is 4.33. The van der Waals surface area contributed by atoms with Gasteiger partial charge in [0, 0.05) is 9.64 Å². The summed E-state index contributed by atoms with van der Waals surface area (Å²) in [5.41, 5.74) is 8.37. The van der Waals surface area contributed by atoms with Crippen LogP contribution in [0.4, 0.5) is 10.3 Å². The van der Waals surface area contributed by atoms with Gasteiger partial charge in [0.05, 0.1) is 23.8 Å². The van der Waals surface area contributed by atoms with Crippen molar-refractivity contribution in [1.29, 1.82) is 0 Å². The molecule has 0 spiro atoms. The van der Waals surface area contributed by atoms with Gasteiger partial charge in [-0.1, -0.05) is 0 Å². The van der Waals surface area contributed by atoms with E-state index in [0.717, 1.165) is 14.6 Å². The van der Waals surface area contributed by atoms with Gasteiger partial charge in [0.1, 0.15) is 0 Å². The van der Waals surface area contributed by atoms with E-state index in [4.69, 9.17) is 10.5 Å². The van der Waals surface area contributed by atoms with Crippen molar-refractivity contribution < 1.29 is 9.13 Å². The van der Waals surface area contributed by atoms with Crippen LogP contribution in [0.15, 0.2) is 36.4 Å². The lowest BCUT2D eigenvalue weighted by molar-refractivity contribution is 0.386.